The first-order chi connectivity index (χ1) is 20.7. The van der Waals surface area contributed by atoms with Gasteiger partial charge >= 0.3 is 5.97 Å². The van der Waals surface area contributed by atoms with Crippen LogP contribution < -0.4 is 9.64 Å². The van der Waals surface area contributed by atoms with Crippen LogP contribution in [0.25, 0.3) is 11.3 Å². The number of hydrogen-bond acceptors (Lipinski definition) is 8. The average molecular weight is 626 g/mol. The second-order valence-corrected chi connectivity index (χ2v) is 13.4. The van der Waals surface area contributed by atoms with E-state index in [1.807, 2.05) is 24.3 Å². The number of likely N-dealkylation sites (tertiary alicyclic amines) is 2. The Hall–Kier alpha value is -2.98. The zero-order valence-corrected chi connectivity index (χ0v) is 26.0. The number of carboxylic acid groups (broad SMARTS) is 1. The Morgan fingerprint density at radius 3 is 2.42 bits per heavy atom. The summed E-state index contributed by atoms with van der Waals surface area (Å²) in [6.45, 7) is 6.62. The Morgan fingerprint density at radius 2 is 1.74 bits per heavy atom. The summed E-state index contributed by atoms with van der Waals surface area (Å²) in [5.74, 6) is 1.20. The minimum absolute atomic E-state index is 0.229. The average Bonchev–Trinajstić information content (AvgIpc) is 3.32. The van der Waals surface area contributed by atoms with E-state index in [9.17, 15) is 4.79 Å². The van der Waals surface area contributed by atoms with Gasteiger partial charge in [0.2, 0.25) is 11.8 Å². The summed E-state index contributed by atoms with van der Waals surface area (Å²) in [6, 6.07) is 9.35. The number of piperidine rings is 2. The Morgan fingerprint density at radius 1 is 1.00 bits per heavy atom. The summed E-state index contributed by atoms with van der Waals surface area (Å²) >= 11 is 12.6. The minimum Gasteiger partial charge on any atom is -0.481 e. The molecule has 3 fully saturated rings. The molecule has 0 saturated carbocycles. The number of pyridine rings is 1. The van der Waals surface area contributed by atoms with Gasteiger partial charge in [0.1, 0.15) is 0 Å². The first kappa shape index (κ1) is 30.1. The van der Waals surface area contributed by atoms with Gasteiger partial charge in [0.25, 0.3) is 0 Å². The molecule has 0 aliphatic carbocycles. The number of nitrogens with zero attached hydrogens (tertiary/aromatic N) is 6. The first-order valence-corrected chi connectivity index (χ1v) is 15.8. The van der Waals surface area contributed by atoms with Crippen LogP contribution in [0.15, 0.2) is 42.7 Å². The summed E-state index contributed by atoms with van der Waals surface area (Å²) in [4.78, 5) is 32.4. The fourth-order valence-corrected chi connectivity index (χ4v) is 7.45. The van der Waals surface area contributed by atoms with Crippen molar-refractivity contribution < 1.29 is 14.6 Å². The lowest BCUT2D eigenvalue weighted by atomic mass is 9.79. The summed E-state index contributed by atoms with van der Waals surface area (Å²) in [5, 5.41) is 10.2. The van der Waals surface area contributed by atoms with Crippen molar-refractivity contribution in [3.63, 3.8) is 0 Å². The molecule has 3 aliphatic rings. The van der Waals surface area contributed by atoms with Crippen LogP contribution in [0, 0.1) is 11.3 Å². The summed E-state index contributed by atoms with van der Waals surface area (Å²) < 4.78 is 6.23. The summed E-state index contributed by atoms with van der Waals surface area (Å²) in [6.07, 6.45) is 9.06. The fourth-order valence-electron chi connectivity index (χ4n) is 6.92. The number of aromatic nitrogens is 3. The lowest BCUT2D eigenvalue weighted by Crippen LogP contribution is -2.45. The number of carboxylic acids is 1. The highest BCUT2D eigenvalue weighted by molar-refractivity contribution is 6.35. The number of carbonyl (C=O) groups is 1. The van der Waals surface area contributed by atoms with Crippen LogP contribution in [0.2, 0.25) is 10.0 Å². The molecule has 1 N–H and O–H groups in total. The van der Waals surface area contributed by atoms with E-state index in [1.54, 1.807) is 18.5 Å². The molecule has 3 saturated heterocycles. The van der Waals surface area contributed by atoms with Gasteiger partial charge < -0.3 is 19.6 Å². The van der Waals surface area contributed by atoms with Gasteiger partial charge in [0, 0.05) is 59.7 Å². The van der Waals surface area contributed by atoms with E-state index < -0.39 is 5.97 Å². The van der Waals surface area contributed by atoms with Gasteiger partial charge in [0.05, 0.1) is 18.1 Å². The second kappa shape index (κ2) is 12.9. The molecular formula is C32H38Cl2N6O3. The summed E-state index contributed by atoms with van der Waals surface area (Å²) in [5.41, 5.74) is 2.87. The van der Waals surface area contributed by atoms with Gasteiger partial charge in [-0.2, -0.15) is 0 Å². The SMILES string of the molecule is CN1CC[C@]2(CCCN(c3ncc(Oc4cc(CN5CCC(CC(=O)O)CC5)cc(-c5cc(Cl)cc(Cl)c5)n4)cn3)C2)C1. The van der Waals surface area contributed by atoms with E-state index >= 15 is 0 Å². The number of ether oxygens (including phenoxy) is 1. The van der Waals surface area contributed by atoms with Crippen LogP contribution in [0.3, 0.4) is 0 Å². The number of rotatable bonds is 8. The zero-order valence-electron chi connectivity index (χ0n) is 24.5. The van der Waals surface area contributed by atoms with E-state index in [0.29, 0.717) is 39.3 Å². The van der Waals surface area contributed by atoms with Crippen LogP contribution in [-0.2, 0) is 11.3 Å². The van der Waals surface area contributed by atoms with Crippen molar-refractivity contribution in [1.29, 1.82) is 0 Å². The van der Waals surface area contributed by atoms with Crippen LogP contribution >= 0.6 is 23.2 Å². The topological polar surface area (TPSA) is 94.9 Å². The standard InChI is InChI=1S/C32H38Cl2N6O3/c1-38-10-6-32(20-38)5-2-7-40(21-32)31-35-17-27(18-36-31)43-29-12-23(19-39-8-3-22(4-9-39)13-30(41)42)11-28(37-29)24-14-25(33)16-26(34)15-24/h11-12,14-18,22H,2-10,13,19-21H2,1H3,(H,41,42)/t32-/m1/s1. The highest BCUT2D eigenvalue weighted by atomic mass is 35.5. The molecule has 1 aromatic carbocycles. The Bertz CT molecular complexity index is 1430. The molecule has 9 nitrogen and oxygen atoms in total. The predicted octanol–water partition coefficient (Wildman–Crippen LogP) is 6.25. The zero-order chi connectivity index (χ0) is 30.0. The highest BCUT2D eigenvalue weighted by Crippen LogP contribution is 2.39. The number of benzene rings is 1. The molecule has 11 heteroatoms. The molecule has 1 atom stereocenters. The minimum atomic E-state index is -0.724. The molecule has 2 aromatic heterocycles. The van der Waals surface area contributed by atoms with Crippen molar-refractivity contribution in [1.82, 2.24) is 24.8 Å². The lowest BCUT2D eigenvalue weighted by molar-refractivity contribution is -0.138. The van der Waals surface area contributed by atoms with Crippen LogP contribution in [0.4, 0.5) is 5.95 Å². The van der Waals surface area contributed by atoms with Crippen LogP contribution in [0.1, 0.15) is 44.1 Å². The van der Waals surface area contributed by atoms with Crippen molar-refractivity contribution >= 4 is 35.1 Å². The van der Waals surface area contributed by atoms with Crippen LogP contribution in [0.5, 0.6) is 11.6 Å². The van der Waals surface area contributed by atoms with E-state index in [1.165, 1.54) is 12.8 Å². The van der Waals surface area contributed by atoms with E-state index in [2.05, 4.69) is 31.7 Å². The number of anilines is 1. The molecule has 6 rings (SSSR count). The van der Waals surface area contributed by atoms with Gasteiger partial charge in [-0.3, -0.25) is 9.69 Å². The highest BCUT2D eigenvalue weighted by Gasteiger charge is 2.40. The molecule has 0 unspecified atom stereocenters. The van der Waals surface area contributed by atoms with Gasteiger partial charge in [-0.1, -0.05) is 23.2 Å². The lowest BCUT2D eigenvalue weighted by Gasteiger charge is -2.40. The Balaban J connectivity index is 1.19. The third kappa shape index (κ3) is 7.58. The Labute approximate surface area is 262 Å². The quantitative estimate of drug-likeness (QED) is 0.312. The maximum Gasteiger partial charge on any atom is 0.303 e. The number of halogens is 2. The molecule has 5 heterocycles. The largest absolute Gasteiger partial charge is 0.481 e. The normalized spacial score (nSPS) is 21.9. The molecule has 3 aliphatic heterocycles. The number of hydrogen-bond donors (Lipinski definition) is 1. The van der Waals surface area contributed by atoms with E-state index in [4.69, 9.17) is 38.0 Å². The maximum absolute atomic E-state index is 11.1. The fraction of sp³-hybridized carbons (Fsp3) is 0.500. The van der Waals surface area contributed by atoms with Crippen molar-refractivity contribution in [2.24, 2.45) is 11.3 Å². The summed E-state index contributed by atoms with van der Waals surface area (Å²) in [7, 11) is 2.20. The maximum atomic E-state index is 11.1. The first-order valence-electron chi connectivity index (χ1n) is 15.1. The molecule has 43 heavy (non-hydrogen) atoms. The molecule has 0 amide bonds. The van der Waals surface area contributed by atoms with E-state index in [0.717, 1.165) is 75.6 Å². The third-order valence-corrected chi connectivity index (χ3v) is 9.44. The van der Waals surface area contributed by atoms with Crippen LogP contribution in [-0.4, -0.2) is 82.1 Å². The van der Waals surface area contributed by atoms with Crippen molar-refractivity contribution in [2.75, 3.05) is 51.2 Å². The molecular weight excluding hydrogens is 587 g/mol. The molecule has 0 radical (unpaired) electrons. The van der Waals surface area contributed by atoms with Gasteiger partial charge in [0.15, 0.2) is 5.75 Å². The molecule has 0 bridgehead atoms. The second-order valence-electron chi connectivity index (χ2n) is 12.5. The van der Waals surface area contributed by atoms with Crippen molar-refractivity contribution in [3.8, 4) is 22.9 Å². The molecule has 3 aromatic rings. The monoisotopic (exact) mass is 624 g/mol. The smallest absolute Gasteiger partial charge is 0.303 e. The van der Waals surface area contributed by atoms with Gasteiger partial charge in [-0.25, -0.2) is 15.0 Å². The molecule has 228 valence electrons. The third-order valence-electron chi connectivity index (χ3n) is 9.01. The predicted molar refractivity (Wildman–Crippen MR) is 168 cm³/mol. The van der Waals surface area contributed by atoms with Crippen molar-refractivity contribution in [3.05, 3.63) is 58.3 Å². The number of aliphatic carboxylic acids is 1. The van der Waals surface area contributed by atoms with Gasteiger partial charge in [-0.15, -0.1) is 0 Å². The van der Waals surface area contributed by atoms with Gasteiger partial charge in [-0.05, 0) is 94.5 Å². The van der Waals surface area contributed by atoms with Crippen molar-refractivity contribution in [2.45, 2.75) is 45.1 Å². The Kier molecular flexibility index (Phi) is 9.05. The van der Waals surface area contributed by atoms with E-state index in [-0.39, 0.29) is 12.3 Å². The molecule has 1 spiro atoms.